The molecule has 0 bridgehead atoms. The molecule has 0 radical (unpaired) electrons. The van der Waals surface area contributed by atoms with Crippen LogP contribution in [0.4, 0.5) is 0 Å². The van der Waals surface area contributed by atoms with Gasteiger partial charge in [0.2, 0.25) is 0 Å². The average molecular weight is 249 g/mol. The zero-order valence-corrected chi connectivity index (χ0v) is 11.0. The first-order chi connectivity index (χ1) is 7.99. The van der Waals surface area contributed by atoms with E-state index in [0.717, 1.165) is 26.4 Å². The minimum atomic E-state index is -0.0476. The normalized spacial score (nSPS) is 10.8. The fourth-order valence-electron chi connectivity index (χ4n) is 1.64. The third-order valence-corrected chi connectivity index (χ3v) is 3.67. The van der Waals surface area contributed by atoms with Gasteiger partial charge in [-0.25, -0.2) is 0 Å². The van der Waals surface area contributed by atoms with Gasteiger partial charge in [0.1, 0.15) is 4.83 Å². The van der Waals surface area contributed by atoms with Gasteiger partial charge < -0.3 is 5.32 Å². The minimum absolute atomic E-state index is 0.0476. The molecule has 0 aliphatic rings. The molecule has 4 nitrogen and oxygen atoms in total. The Morgan fingerprint density at radius 1 is 1.65 bits per heavy atom. The maximum Gasteiger partial charge on any atom is 0.261 e. The predicted octanol–water partition coefficient (Wildman–Crippen LogP) is 2.25. The van der Waals surface area contributed by atoms with Gasteiger partial charge in [-0.15, -0.1) is 11.3 Å². The second-order valence-corrected chi connectivity index (χ2v) is 5.21. The first-order valence-corrected chi connectivity index (χ1v) is 6.16. The van der Waals surface area contributed by atoms with Crippen LogP contribution in [0.25, 0.3) is 10.2 Å². The van der Waals surface area contributed by atoms with E-state index < -0.39 is 0 Å². The van der Waals surface area contributed by atoms with Crippen LogP contribution in [0.15, 0.2) is 18.2 Å². The quantitative estimate of drug-likeness (QED) is 0.848. The van der Waals surface area contributed by atoms with Crippen LogP contribution in [-0.4, -0.2) is 22.2 Å². The van der Waals surface area contributed by atoms with Crippen molar-refractivity contribution >= 4 is 27.5 Å². The molecular weight excluding hydrogens is 234 g/mol. The highest BCUT2D eigenvalue weighted by Gasteiger charge is 2.14. The lowest BCUT2D eigenvalue weighted by Crippen LogP contribution is -2.23. The van der Waals surface area contributed by atoms with Crippen molar-refractivity contribution in [1.82, 2.24) is 15.1 Å². The lowest BCUT2D eigenvalue weighted by Gasteiger charge is -2.01. The molecule has 2 rings (SSSR count). The van der Waals surface area contributed by atoms with Crippen molar-refractivity contribution in [1.29, 1.82) is 0 Å². The molecule has 5 heteroatoms. The van der Waals surface area contributed by atoms with Gasteiger partial charge in [0.25, 0.3) is 5.91 Å². The summed E-state index contributed by atoms with van der Waals surface area (Å²) in [5, 5.41) is 8.19. The zero-order chi connectivity index (χ0) is 12.6. The topological polar surface area (TPSA) is 46.9 Å². The molecule has 0 aliphatic heterocycles. The second-order valence-electron chi connectivity index (χ2n) is 4.18. The first kappa shape index (κ1) is 11.9. The Balaban J connectivity index is 2.27. The van der Waals surface area contributed by atoms with E-state index in [0.29, 0.717) is 6.54 Å². The lowest BCUT2D eigenvalue weighted by molar-refractivity contribution is 0.0961. The van der Waals surface area contributed by atoms with Crippen LogP contribution in [0.3, 0.4) is 0 Å². The molecule has 0 aromatic carbocycles. The van der Waals surface area contributed by atoms with Gasteiger partial charge in [-0.1, -0.05) is 12.2 Å². The molecule has 0 aliphatic carbocycles. The molecule has 0 saturated heterocycles. The van der Waals surface area contributed by atoms with E-state index >= 15 is 0 Å². The van der Waals surface area contributed by atoms with Crippen molar-refractivity contribution < 1.29 is 4.79 Å². The SMILES string of the molecule is C=C(C)CNC(=O)c1cc2c(C)nn(C)c2s1. The number of nitrogens with zero attached hydrogens (tertiary/aromatic N) is 2. The summed E-state index contributed by atoms with van der Waals surface area (Å²) in [6.45, 7) is 8.11. The number of thiophene rings is 1. The Morgan fingerprint density at radius 3 is 2.94 bits per heavy atom. The van der Waals surface area contributed by atoms with Gasteiger partial charge in [0, 0.05) is 19.0 Å². The summed E-state index contributed by atoms with van der Waals surface area (Å²) in [7, 11) is 1.89. The summed E-state index contributed by atoms with van der Waals surface area (Å²) in [6, 6.07) is 1.90. The van der Waals surface area contributed by atoms with Crippen LogP contribution in [0, 0.1) is 6.92 Å². The van der Waals surface area contributed by atoms with Crippen LogP contribution >= 0.6 is 11.3 Å². The fraction of sp³-hybridized carbons (Fsp3) is 0.333. The van der Waals surface area contributed by atoms with Crippen molar-refractivity contribution in [2.24, 2.45) is 7.05 Å². The standard InChI is InChI=1S/C12H15N3OS/c1-7(2)6-13-11(16)10-5-9-8(3)14-15(4)12(9)17-10/h5H,1,6H2,2-4H3,(H,13,16). The van der Waals surface area contributed by atoms with E-state index in [1.165, 1.54) is 11.3 Å². The van der Waals surface area contributed by atoms with Gasteiger partial charge in [0.15, 0.2) is 0 Å². The van der Waals surface area contributed by atoms with Crippen molar-refractivity contribution in [3.63, 3.8) is 0 Å². The van der Waals surface area contributed by atoms with Crippen molar-refractivity contribution in [2.75, 3.05) is 6.54 Å². The summed E-state index contributed by atoms with van der Waals surface area (Å²) < 4.78 is 1.81. The Kier molecular flexibility index (Phi) is 3.02. The van der Waals surface area contributed by atoms with E-state index in [2.05, 4.69) is 17.0 Å². The summed E-state index contributed by atoms with van der Waals surface area (Å²) in [4.78, 5) is 13.6. The molecule has 0 fully saturated rings. The molecule has 1 N–H and O–H groups in total. The Morgan fingerprint density at radius 2 is 2.35 bits per heavy atom. The smallest absolute Gasteiger partial charge is 0.261 e. The van der Waals surface area contributed by atoms with Gasteiger partial charge >= 0.3 is 0 Å². The second kappa shape index (κ2) is 4.33. The maximum atomic E-state index is 11.9. The molecular formula is C12H15N3OS. The van der Waals surface area contributed by atoms with Crippen LogP contribution in [-0.2, 0) is 7.05 Å². The lowest BCUT2D eigenvalue weighted by atomic mass is 10.3. The summed E-state index contributed by atoms with van der Waals surface area (Å²) in [6.07, 6.45) is 0. The Hall–Kier alpha value is -1.62. The van der Waals surface area contributed by atoms with Gasteiger partial charge in [0.05, 0.1) is 10.6 Å². The fourth-order valence-corrected chi connectivity index (χ4v) is 2.67. The number of fused-ring (bicyclic) bond motifs is 1. The molecule has 2 heterocycles. The summed E-state index contributed by atoms with van der Waals surface area (Å²) in [5.41, 5.74) is 1.90. The monoisotopic (exact) mass is 249 g/mol. The first-order valence-electron chi connectivity index (χ1n) is 5.34. The van der Waals surface area contributed by atoms with Gasteiger partial charge in [-0.3, -0.25) is 9.48 Å². The molecule has 1 amide bonds. The molecule has 0 atom stereocenters. The molecule has 0 unspecified atom stereocenters. The third kappa shape index (κ3) is 2.24. The maximum absolute atomic E-state index is 11.9. The molecule has 2 aromatic rings. The van der Waals surface area contributed by atoms with E-state index in [-0.39, 0.29) is 5.91 Å². The molecule has 0 spiro atoms. The molecule has 0 saturated carbocycles. The van der Waals surface area contributed by atoms with Gasteiger partial charge in [-0.2, -0.15) is 5.10 Å². The summed E-state index contributed by atoms with van der Waals surface area (Å²) in [5.74, 6) is -0.0476. The molecule has 90 valence electrons. The number of carbonyl (C=O) groups excluding carboxylic acids is 1. The highest BCUT2D eigenvalue weighted by Crippen LogP contribution is 2.27. The number of rotatable bonds is 3. The molecule has 17 heavy (non-hydrogen) atoms. The van der Waals surface area contributed by atoms with Crippen LogP contribution in [0.1, 0.15) is 22.3 Å². The van der Waals surface area contributed by atoms with Crippen molar-refractivity contribution in [2.45, 2.75) is 13.8 Å². The van der Waals surface area contributed by atoms with Gasteiger partial charge in [-0.05, 0) is 19.9 Å². The van der Waals surface area contributed by atoms with E-state index in [9.17, 15) is 4.79 Å². The largest absolute Gasteiger partial charge is 0.348 e. The zero-order valence-electron chi connectivity index (χ0n) is 10.2. The van der Waals surface area contributed by atoms with Crippen LogP contribution in [0.2, 0.25) is 0 Å². The number of hydrogen-bond acceptors (Lipinski definition) is 3. The average Bonchev–Trinajstić information content (AvgIpc) is 2.79. The minimum Gasteiger partial charge on any atom is -0.348 e. The van der Waals surface area contributed by atoms with E-state index in [1.54, 1.807) is 0 Å². The number of amides is 1. The molecule has 2 aromatic heterocycles. The van der Waals surface area contributed by atoms with E-state index in [4.69, 9.17) is 0 Å². The highest BCUT2D eigenvalue weighted by atomic mass is 32.1. The highest BCUT2D eigenvalue weighted by molar-refractivity contribution is 7.20. The number of hydrogen-bond donors (Lipinski definition) is 1. The predicted molar refractivity (Wildman–Crippen MR) is 70.5 cm³/mol. The van der Waals surface area contributed by atoms with Crippen molar-refractivity contribution in [3.8, 4) is 0 Å². The van der Waals surface area contributed by atoms with Crippen LogP contribution < -0.4 is 5.32 Å². The Bertz CT molecular complexity index is 560. The van der Waals surface area contributed by atoms with Crippen LogP contribution in [0.5, 0.6) is 0 Å². The van der Waals surface area contributed by atoms with Crippen molar-refractivity contribution in [3.05, 3.63) is 28.8 Å². The summed E-state index contributed by atoms with van der Waals surface area (Å²) >= 11 is 1.46. The number of nitrogens with one attached hydrogen (secondary N) is 1. The number of aromatic nitrogens is 2. The number of aryl methyl sites for hydroxylation is 2. The third-order valence-electron chi connectivity index (χ3n) is 2.47. The van der Waals surface area contributed by atoms with E-state index in [1.807, 2.05) is 31.6 Å². The Labute approximate surface area is 104 Å². The number of carbonyl (C=O) groups is 1.